The van der Waals surface area contributed by atoms with Gasteiger partial charge in [-0.1, -0.05) is 37.3 Å². The van der Waals surface area contributed by atoms with Gasteiger partial charge in [-0.3, -0.25) is 9.59 Å². The molecule has 5 heteroatoms. The van der Waals surface area contributed by atoms with E-state index in [4.69, 9.17) is 9.84 Å². The molecule has 5 nitrogen and oxygen atoms in total. The molecule has 0 aliphatic carbocycles. The summed E-state index contributed by atoms with van der Waals surface area (Å²) in [6, 6.07) is 9.13. The molecule has 1 N–H and O–H groups in total. The number of carbonyl (C=O) groups excluding carboxylic acids is 1. The molecule has 0 aliphatic rings. The Labute approximate surface area is 112 Å². The van der Waals surface area contributed by atoms with Crippen LogP contribution in [0.2, 0.25) is 0 Å². The van der Waals surface area contributed by atoms with Gasteiger partial charge in [0.05, 0.1) is 5.92 Å². The summed E-state index contributed by atoms with van der Waals surface area (Å²) in [5, 5.41) is 8.86. The molecule has 0 aromatic heterocycles. The number of rotatable bonds is 6. The number of hydrogen-bond acceptors (Lipinski definition) is 3. The molecule has 0 bridgehead atoms. The Bertz CT molecular complexity index is 432. The van der Waals surface area contributed by atoms with E-state index in [-0.39, 0.29) is 12.5 Å². The summed E-state index contributed by atoms with van der Waals surface area (Å²) in [5.74, 6) is -1.78. The van der Waals surface area contributed by atoms with E-state index in [1.54, 1.807) is 26.1 Å². The van der Waals surface area contributed by atoms with Crippen molar-refractivity contribution in [2.75, 3.05) is 20.7 Å². The fraction of sp³-hybridized carbons (Fsp3) is 0.429. The van der Waals surface area contributed by atoms with Gasteiger partial charge in [0.15, 0.2) is 6.10 Å². The van der Waals surface area contributed by atoms with Crippen LogP contribution in [0.1, 0.15) is 18.6 Å². The van der Waals surface area contributed by atoms with Crippen molar-refractivity contribution < 1.29 is 19.4 Å². The number of methoxy groups -OCH3 is 1. The highest BCUT2D eigenvalue weighted by Crippen LogP contribution is 2.19. The van der Waals surface area contributed by atoms with E-state index in [1.165, 1.54) is 12.0 Å². The van der Waals surface area contributed by atoms with Gasteiger partial charge in [0.2, 0.25) is 0 Å². The number of carboxylic acids is 1. The molecular weight excluding hydrogens is 246 g/mol. The van der Waals surface area contributed by atoms with E-state index in [9.17, 15) is 9.59 Å². The molecule has 2 unspecified atom stereocenters. The molecule has 0 fully saturated rings. The highest BCUT2D eigenvalue weighted by Gasteiger charge is 2.25. The highest BCUT2D eigenvalue weighted by atomic mass is 16.5. The molecule has 0 saturated carbocycles. The van der Waals surface area contributed by atoms with Crippen molar-refractivity contribution in [2.24, 2.45) is 5.92 Å². The van der Waals surface area contributed by atoms with E-state index in [1.807, 2.05) is 18.2 Å². The molecule has 0 spiro atoms. The summed E-state index contributed by atoms with van der Waals surface area (Å²) < 4.78 is 5.22. The van der Waals surface area contributed by atoms with Crippen LogP contribution < -0.4 is 0 Å². The van der Waals surface area contributed by atoms with Gasteiger partial charge in [-0.05, 0) is 5.56 Å². The average molecular weight is 265 g/mol. The van der Waals surface area contributed by atoms with E-state index >= 15 is 0 Å². The maximum atomic E-state index is 12.2. The standard InChI is InChI=1S/C14H19NO4/c1-10(14(17)18)9-15(2)13(16)12(19-3)11-7-5-4-6-8-11/h4-8,10,12H,9H2,1-3H3,(H,17,18). The molecule has 0 saturated heterocycles. The minimum Gasteiger partial charge on any atom is -0.481 e. The van der Waals surface area contributed by atoms with Crippen molar-refractivity contribution in [1.82, 2.24) is 4.90 Å². The minimum absolute atomic E-state index is 0.154. The number of nitrogens with zero attached hydrogens (tertiary/aromatic N) is 1. The third-order valence-corrected chi connectivity index (χ3v) is 2.91. The van der Waals surface area contributed by atoms with Gasteiger partial charge < -0.3 is 14.7 Å². The second-order valence-electron chi connectivity index (χ2n) is 4.48. The first kappa shape index (κ1) is 15.2. The predicted octanol–water partition coefficient (Wildman–Crippen LogP) is 1.55. The van der Waals surface area contributed by atoms with Gasteiger partial charge in [0, 0.05) is 20.7 Å². The fourth-order valence-corrected chi connectivity index (χ4v) is 1.79. The number of amides is 1. The highest BCUT2D eigenvalue weighted by molar-refractivity contribution is 5.82. The molecule has 1 aromatic carbocycles. The first-order chi connectivity index (χ1) is 8.97. The lowest BCUT2D eigenvalue weighted by Gasteiger charge is -2.24. The summed E-state index contributed by atoms with van der Waals surface area (Å²) in [7, 11) is 3.04. The molecule has 19 heavy (non-hydrogen) atoms. The van der Waals surface area contributed by atoms with Gasteiger partial charge in [-0.25, -0.2) is 0 Å². The van der Waals surface area contributed by atoms with Crippen molar-refractivity contribution in [1.29, 1.82) is 0 Å². The van der Waals surface area contributed by atoms with Gasteiger partial charge >= 0.3 is 5.97 Å². The molecule has 1 amide bonds. The molecule has 0 heterocycles. The summed E-state index contributed by atoms with van der Waals surface area (Å²) in [5.41, 5.74) is 0.754. The molecule has 0 aliphatic heterocycles. The van der Waals surface area contributed by atoms with Crippen LogP contribution in [0.4, 0.5) is 0 Å². The van der Waals surface area contributed by atoms with Crippen LogP contribution in [-0.4, -0.2) is 42.6 Å². The van der Waals surface area contributed by atoms with Crippen LogP contribution in [0.25, 0.3) is 0 Å². The SMILES string of the molecule is COC(C(=O)N(C)CC(C)C(=O)O)c1ccccc1. The largest absolute Gasteiger partial charge is 0.481 e. The number of benzene rings is 1. The Kier molecular flexibility index (Phi) is 5.51. The molecule has 0 radical (unpaired) electrons. The van der Waals surface area contributed by atoms with Crippen LogP contribution in [0.5, 0.6) is 0 Å². The van der Waals surface area contributed by atoms with Crippen molar-refractivity contribution >= 4 is 11.9 Å². The maximum Gasteiger partial charge on any atom is 0.308 e. The summed E-state index contributed by atoms with van der Waals surface area (Å²) in [4.78, 5) is 24.4. The zero-order valence-corrected chi connectivity index (χ0v) is 11.4. The fourth-order valence-electron chi connectivity index (χ4n) is 1.79. The first-order valence-corrected chi connectivity index (χ1v) is 6.03. The average Bonchev–Trinajstić information content (AvgIpc) is 2.40. The second-order valence-corrected chi connectivity index (χ2v) is 4.48. The summed E-state index contributed by atoms with van der Waals surface area (Å²) in [6.07, 6.45) is -0.702. The number of ether oxygens (including phenoxy) is 1. The summed E-state index contributed by atoms with van der Waals surface area (Å²) >= 11 is 0. The Hall–Kier alpha value is -1.88. The van der Waals surface area contributed by atoms with E-state index in [0.29, 0.717) is 0 Å². The van der Waals surface area contributed by atoms with Gasteiger partial charge in [-0.2, -0.15) is 0 Å². The zero-order chi connectivity index (χ0) is 14.4. The van der Waals surface area contributed by atoms with Crippen LogP contribution in [0.3, 0.4) is 0 Å². The number of aliphatic carboxylic acids is 1. The van der Waals surface area contributed by atoms with Crippen molar-refractivity contribution in [3.05, 3.63) is 35.9 Å². The first-order valence-electron chi connectivity index (χ1n) is 6.03. The Morgan fingerprint density at radius 3 is 2.37 bits per heavy atom. The monoisotopic (exact) mass is 265 g/mol. The van der Waals surface area contributed by atoms with Crippen LogP contribution in [0, 0.1) is 5.92 Å². The van der Waals surface area contributed by atoms with E-state index in [2.05, 4.69) is 0 Å². The number of likely N-dealkylation sites (N-methyl/N-ethyl adjacent to an activating group) is 1. The van der Waals surface area contributed by atoms with Gasteiger partial charge in [-0.15, -0.1) is 0 Å². The Morgan fingerprint density at radius 1 is 1.32 bits per heavy atom. The van der Waals surface area contributed by atoms with Crippen LogP contribution in [-0.2, 0) is 14.3 Å². The van der Waals surface area contributed by atoms with Crippen LogP contribution in [0.15, 0.2) is 30.3 Å². The van der Waals surface area contributed by atoms with Gasteiger partial charge in [0.1, 0.15) is 0 Å². The lowest BCUT2D eigenvalue weighted by molar-refractivity contribution is -0.145. The number of carboxylic acid groups (broad SMARTS) is 1. The van der Waals surface area contributed by atoms with Crippen molar-refractivity contribution in [3.8, 4) is 0 Å². The van der Waals surface area contributed by atoms with Crippen LogP contribution >= 0.6 is 0 Å². The van der Waals surface area contributed by atoms with Crippen molar-refractivity contribution in [3.63, 3.8) is 0 Å². The minimum atomic E-state index is -0.923. The topological polar surface area (TPSA) is 66.8 Å². The zero-order valence-electron chi connectivity index (χ0n) is 11.4. The third-order valence-electron chi connectivity index (χ3n) is 2.91. The Morgan fingerprint density at radius 2 is 1.89 bits per heavy atom. The normalized spacial score (nSPS) is 13.6. The predicted molar refractivity (Wildman–Crippen MR) is 70.6 cm³/mol. The quantitative estimate of drug-likeness (QED) is 0.847. The summed E-state index contributed by atoms with van der Waals surface area (Å²) in [6.45, 7) is 1.72. The molecule has 104 valence electrons. The lowest BCUT2D eigenvalue weighted by atomic mass is 10.1. The van der Waals surface area contributed by atoms with Crippen molar-refractivity contribution in [2.45, 2.75) is 13.0 Å². The van der Waals surface area contributed by atoms with E-state index in [0.717, 1.165) is 5.56 Å². The molecule has 1 aromatic rings. The van der Waals surface area contributed by atoms with Gasteiger partial charge in [0.25, 0.3) is 5.91 Å². The molecule has 2 atom stereocenters. The lowest BCUT2D eigenvalue weighted by Crippen LogP contribution is -2.37. The third kappa shape index (κ3) is 4.06. The second kappa shape index (κ2) is 6.89. The number of carbonyl (C=O) groups is 2. The Balaban J connectivity index is 2.77. The molecule has 1 rings (SSSR count). The molecular formula is C14H19NO4. The van der Waals surface area contributed by atoms with E-state index < -0.39 is 18.0 Å². The number of hydrogen-bond donors (Lipinski definition) is 1. The maximum absolute atomic E-state index is 12.2. The smallest absolute Gasteiger partial charge is 0.308 e.